The molecule has 2 heterocycles. The SMILES string of the molecule is CCCCc1c[n+]2c(cn1)N=C(C(C)(C)C)O[B-]2(F)F. The number of halogens is 2. The minimum Gasteiger partial charge on any atom is -0.593 e. The van der Waals surface area contributed by atoms with Gasteiger partial charge in [0.25, 0.3) is 5.90 Å². The van der Waals surface area contributed by atoms with E-state index in [2.05, 4.69) is 9.98 Å². The number of aliphatic imine (C=N–C) groups is 1. The summed E-state index contributed by atoms with van der Waals surface area (Å²) >= 11 is 0. The van der Waals surface area contributed by atoms with Gasteiger partial charge in [-0.05, 0) is 38.6 Å². The van der Waals surface area contributed by atoms with Gasteiger partial charge in [0.1, 0.15) is 6.20 Å². The van der Waals surface area contributed by atoms with E-state index in [0.717, 1.165) is 17.3 Å². The van der Waals surface area contributed by atoms with E-state index in [4.69, 9.17) is 4.65 Å². The third-order valence-electron chi connectivity index (χ3n) is 3.12. The summed E-state index contributed by atoms with van der Waals surface area (Å²) in [5.74, 6) is 0.192. The molecule has 0 aromatic carbocycles. The number of rotatable bonds is 3. The lowest BCUT2D eigenvalue weighted by molar-refractivity contribution is -0.569. The molecule has 0 spiro atoms. The van der Waals surface area contributed by atoms with E-state index in [0.29, 0.717) is 12.1 Å². The van der Waals surface area contributed by atoms with E-state index in [-0.39, 0.29) is 11.7 Å². The minimum atomic E-state index is -4.14. The molecule has 0 bridgehead atoms. The highest BCUT2D eigenvalue weighted by atomic mass is 19.3. The van der Waals surface area contributed by atoms with Crippen molar-refractivity contribution in [2.75, 3.05) is 0 Å². The first-order valence-corrected chi connectivity index (χ1v) is 6.93. The lowest BCUT2D eigenvalue weighted by Crippen LogP contribution is -2.64. The third-order valence-corrected chi connectivity index (χ3v) is 3.12. The third kappa shape index (κ3) is 2.97. The molecule has 0 amide bonds. The summed E-state index contributed by atoms with van der Waals surface area (Å²) in [5, 5.41) is 0. The van der Waals surface area contributed by atoms with Gasteiger partial charge in [-0.3, -0.25) is 0 Å². The number of aromatic nitrogens is 2. The molecule has 1 aromatic heterocycles. The van der Waals surface area contributed by atoms with Gasteiger partial charge in [-0.25, -0.2) is 4.98 Å². The predicted molar refractivity (Wildman–Crippen MR) is 74.0 cm³/mol. The zero-order valence-electron chi connectivity index (χ0n) is 12.4. The molecule has 1 aromatic rings. The lowest BCUT2D eigenvalue weighted by atomic mass is 9.93. The molecule has 20 heavy (non-hydrogen) atoms. The molecule has 0 unspecified atom stereocenters. The van der Waals surface area contributed by atoms with Crippen LogP contribution in [-0.2, 0) is 11.1 Å². The van der Waals surface area contributed by atoms with Gasteiger partial charge in [0, 0.05) is 0 Å². The number of unbranched alkanes of at least 4 members (excludes halogenated alkanes) is 1. The molecule has 110 valence electrons. The van der Waals surface area contributed by atoms with Gasteiger partial charge in [0.15, 0.2) is 0 Å². The Balaban J connectivity index is 2.42. The predicted octanol–water partition coefficient (Wildman–Crippen LogP) is 3.04. The quantitative estimate of drug-likeness (QED) is 0.800. The van der Waals surface area contributed by atoms with E-state index in [1.165, 1.54) is 12.4 Å². The molecule has 4 nitrogen and oxygen atoms in total. The van der Waals surface area contributed by atoms with Gasteiger partial charge in [-0.1, -0.05) is 13.3 Å². The van der Waals surface area contributed by atoms with Crippen LogP contribution in [0.25, 0.3) is 0 Å². The highest BCUT2D eigenvalue weighted by Gasteiger charge is 2.48. The summed E-state index contributed by atoms with van der Waals surface area (Å²) in [6.07, 6.45) is 5.34. The van der Waals surface area contributed by atoms with Gasteiger partial charge in [0.2, 0.25) is 0 Å². The number of aryl methyl sites for hydroxylation is 1. The van der Waals surface area contributed by atoms with E-state index >= 15 is 0 Å². The largest absolute Gasteiger partial charge is 0.736 e. The second kappa shape index (κ2) is 5.11. The van der Waals surface area contributed by atoms with Crippen molar-refractivity contribution >= 4 is 18.8 Å². The highest BCUT2D eigenvalue weighted by Crippen LogP contribution is 2.27. The van der Waals surface area contributed by atoms with Crippen LogP contribution in [0.2, 0.25) is 0 Å². The van der Waals surface area contributed by atoms with Crippen molar-refractivity contribution in [3.05, 3.63) is 18.1 Å². The normalized spacial score (nSPS) is 17.2. The van der Waals surface area contributed by atoms with Crippen LogP contribution in [0, 0.1) is 5.41 Å². The molecule has 0 N–H and O–H groups in total. The summed E-state index contributed by atoms with van der Waals surface area (Å²) in [5.41, 5.74) is 0.0692. The first-order chi connectivity index (χ1) is 9.24. The second-order valence-corrected chi connectivity index (χ2v) is 6.09. The molecule has 0 fully saturated rings. The smallest absolute Gasteiger partial charge is 0.593 e. The van der Waals surface area contributed by atoms with Crippen molar-refractivity contribution in [3.8, 4) is 0 Å². The van der Waals surface area contributed by atoms with E-state index in [9.17, 15) is 8.63 Å². The topological polar surface area (TPSA) is 38.4 Å². The Kier molecular flexibility index (Phi) is 3.80. The molecule has 0 saturated heterocycles. The van der Waals surface area contributed by atoms with Crippen LogP contribution in [0.5, 0.6) is 0 Å². The van der Waals surface area contributed by atoms with Crippen LogP contribution < -0.4 is 4.48 Å². The number of hydrogen-bond donors (Lipinski definition) is 0. The summed E-state index contributed by atoms with van der Waals surface area (Å²) in [4.78, 5) is 8.37. The Labute approximate surface area is 118 Å². The maximum Gasteiger partial charge on any atom is 0.736 e. The maximum atomic E-state index is 14.2. The van der Waals surface area contributed by atoms with Gasteiger partial charge in [-0.15, -0.1) is 0 Å². The molecule has 7 heteroatoms. The summed E-state index contributed by atoms with van der Waals surface area (Å²) in [6, 6.07) is 0. The van der Waals surface area contributed by atoms with Crippen LogP contribution in [0.4, 0.5) is 14.4 Å². The first kappa shape index (κ1) is 14.9. The number of fused-ring (bicyclic) bond motifs is 1. The summed E-state index contributed by atoms with van der Waals surface area (Å²) < 4.78 is 34.0. The Morgan fingerprint density at radius 1 is 1.35 bits per heavy atom. The van der Waals surface area contributed by atoms with Crippen molar-refractivity contribution in [1.29, 1.82) is 0 Å². The zero-order valence-corrected chi connectivity index (χ0v) is 12.4. The van der Waals surface area contributed by atoms with E-state index in [1.54, 1.807) is 20.8 Å². The minimum absolute atomic E-state index is 0.0469. The Bertz CT molecular complexity index is 541. The van der Waals surface area contributed by atoms with Crippen LogP contribution in [-0.4, -0.2) is 17.9 Å². The summed E-state index contributed by atoms with van der Waals surface area (Å²) in [6.45, 7) is 7.41. The lowest BCUT2D eigenvalue weighted by Gasteiger charge is -2.31. The van der Waals surface area contributed by atoms with Crippen molar-refractivity contribution in [1.82, 2.24) is 4.98 Å². The second-order valence-electron chi connectivity index (χ2n) is 6.09. The van der Waals surface area contributed by atoms with Gasteiger partial charge >= 0.3 is 12.9 Å². The Morgan fingerprint density at radius 2 is 2.05 bits per heavy atom. The maximum absolute atomic E-state index is 14.2. The van der Waals surface area contributed by atoms with Crippen molar-refractivity contribution in [2.24, 2.45) is 10.4 Å². The van der Waals surface area contributed by atoms with Crippen molar-refractivity contribution in [2.45, 2.75) is 47.0 Å². The van der Waals surface area contributed by atoms with Crippen LogP contribution in [0.1, 0.15) is 46.2 Å². The zero-order chi connectivity index (χ0) is 15.0. The molecular weight excluding hydrogens is 263 g/mol. The number of hydrogen-bond acceptors (Lipinski definition) is 3. The molecule has 0 aliphatic carbocycles. The highest BCUT2D eigenvalue weighted by molar-refractivity contribution is 6.52. The van der Waals surface area contributed by atoms with Gasteiger partial charge in [0.05, 0.1) is 17.3 Å². The Morgan fingerprint density at radius 3 is 2.65 bits per heavy atom. The van der Waals surface area contributed by atoms with Crippen LogP contribution in [0.3, 0.4) is 0 Å². The van der Waals surface area contributed by atoms with Crippen LogP contribution in [0.15, 0.2) is 17.4 Å². The van der Waals surface area contributed by atoms with Gasteiger partial charge < -0.3 is 17.8 Å². The average molecular weight is 283 g/mol. The number of nitrogens with zero attached hydrogens (tertiary/aromatic N) is 3. The Hall–Kier alpha value is -1.53. The molecule has 0 saturated carbocycles. The first-order valence-electron chi connectivity index (χ1n) is 6.93. The van der Waals surface area contributed by atoms with Crippen LogP contribution >= 0.6 is 0 Å². The van der Waals surface area contributed by atoms with E-state index in [1.807, 2.05) is 6.92 Å². The van der Waals surface area contributed by atoms with Crippen molar-refractivity contribution in [3.63, 3.8) is 0 Å². The molecular formula is C13H20BF2N3O. The fourth-order valence-electron chi connectivity index (χ4n) is 1.95. The standard InChI is InChI=1S/C13H20BF2N3O/c1-5-6-7-10-9-19-11(8-17-10)18-12(13(2,3)4)20-14(19,15)16/h8-9H,5-7H2,1-4H3. The fourth-order valence-corrected chi connectivity index (χ4v) is 1.95. The molecule has 0 radical (unpaired) electrons. The molecule has 2 rings (SSSR count). The monoisotopic (exact) mass is 283 g/mol. The van der Waals surface area contributed by atoms with E-state index < -0.39 is 12.5 Å². The van der Waals surface area contributed by atoms with Crippen molar-refractivity contribution < 1.29 is 17.8 Å². The fraction of sp³-hybridized carbons (Fsp3) is 0.615. The average Bonchev–Trinajstić information content (AvgIpc) is 2.34. The molecule has 0 atom stereocenters. The van der Waals surface area contributed by atoms with Gasteiger partial charge in [-0.2, -0.15) is 0 Å². The molecule has 1 aliphatic rings. The molecule has 1 aliphatic heterocycles. The summed E-state index contributed by atoms with van der Waals surface area (Å²) in [7, 11) is -4.14.